The third-order valence-electron chi connectivity index (χ3n) is 3.90. The molecule has 1 aliphatic heterocycles. The summed E-state index contributed by atoms with van der Waals surface area (Å²) in [5.74, 6) is 0.695. The van der Waals surface area contributed by atoms with Gasteiger partial charge in [-0.3, -0.25) is 4.90 Å². The van der Waals surface area contributed by atoms with Gasteiger partial charge in [0.2, 0.25) is 0 Å². The second-order valence-electron chi connectivity index (χ2n) is 5.53. The summed E-state index contributed by atoms with van der Waals surface area (Å²) < 4.78 is 0. The Labute approximate surface area is 106 Å². The number of benzene rings is 1. The molecule has 1 heterocycles. The highest BCUT2D eigenvalue weighted by molar-refractivity contribution is 5.25. The number of hydrogen-bond donors (Lipinski definition) is 0. The predicted octanol–water partition coefficient (Wildman–Crippen LogP) is 4.04. The molecule has 1 aromatic carbocycles. The maximum atomic E-state index is 2.66. The summed E-state index contributed by atoms with van der Waals surface area (Å²) in [7, 11) is 0. The zero-order chi connectivity index (χ0) is 12.3. The van der Waals surface area contributed by atoms with Gasteiger partial charge >= 0.3 is 0 Å². The molecule has 1 nitrogen and oxygen atoms in total. The van der Waals surface area contributed by atoms with Crippen molar-refractivity contribution in [1.29, 1.82) is 0 Å². The van der Waals surface area contributed by atoms with Gasteiger partial charge in [-0.1, -0.05) is 45.0 Å². The van der Waals surface area contributed by atoms with Crippen LogP contribution in [-0.2, 0) is 6.42 Å². The van der Waals surface area contributed by atoms with E-state index in [9.17, 15) is 0 Å². The number of rotatable bonds is 4. The van der Waals surface area contributed by atoms with E-state index in [1.807, 2.05) is 0 Å². The molecule has 0 bridgehead atoms. The molecule has 0 saturated carbocycles. The molecule has 1 aromatic rings. The van der Waals surface area contributed by atoms with Crippen LogP contribution in [0.3, 0.4) is 0 Å². The van der Waals surface area contributed by atoms with Crippen molar-refractivity contribution < 1.29 is 0 Å². The van der Waals surface area contributed by atoms with E-state index in [0.717, 1.165) is 6.42 Å². The number of likely N-dealkylation sites (tertiary alicyclic amines) is 1. The van der Waals surface area contributed by atoms with Gasteiger partial charge < -0.3 is 0 Å². The largest absolute Gasteiger partial charge is 0.296 e. The average Bonchev–Trinajstić information content (AvgIpc) is 2.83. The molecule has 1 heteroatoms. The third kappa shape index (κ3) is 2.90. The van der Waals surface area contributed by atoms with Crippen molar-refractivity contribution in [3.05, 3.63) is 35.4 Å². The van der Waals surface area contributed by atoms with Gasteiger partial charge in [0.15, 0.2) is 0 Å². The van der Waals surface area contributed by atoms with E-state index in [1.54, 1.807) is 0 Å². The van der Waals surface area contributed by atoms with Gasteiger partial charge in [0.25, 0.3) is 0 Å². The van der Waals surface area contributed by atoms with E-state index in [2.05, 4.69) is 49.9 Å². The van der Waals surface area contributed by atoms with Crippen LogP contribution in [0.1, 0.15) is 50.8 Å². The number of aryl methyl sites for hydroxylation is 1. The first-order valence-electron chi connectivity index (χ1n) is 7.05. The lowest BCUT2D eigenvalue weighted by Gasteiger charge is -2.31. The molecule has 0 aliphatic carbocycles. The lowest BCUT2D eigenvalue weighted by atomic mass is 9.93. The fraction of sp³-hybridized carbons (Fsp3) is 0.625. The van der Waals surface area contributed by atoms with E-state index in [1.165, 1.54) is 37.1 Å². The van der Waals surface area contributed by atoms with E-state index in [4.69, 9.17) is 0 Å². The van der Waals surface area contributed by atoms with Crippen LogP contribution >= 0.6 is 0 Å². The van der Waals surface area contributed by atoms with Gasteiger partial charge in [0.1, 0.15) is 0 Å². The molecule has 0 N–H and O–H groups in total. The molecule has 1 unspecified atom stereocenters. The molecule has 17 heavy (non-hydrogen) atoms. The Bertz CT molecular complexity index is 333. The smallest absolute Gasteiger partial charge is 0.0371 e. The lowest BCUT2D eigenvalue weighted by Crippen LogP contribution is -2.29. The second kappa shape index (κ2) is 5.68. The Morgan fingerprint density at radius 3 is 2.12 bits per heavy atom. The first-order chi connectivity index (χ1) is 8.22. The highest BCUT2D eigenvalue weighted by Crippen LogP contribution is 2.31. The first-order valence-corrected chi connectivity index (χ1v) is 7.05. The molecular formula is C16H25N. The highest BCUT2D eigenvalue weighted by atomic mass is 15.2. The van der Waals surface area contributed by atoms with Crippen molar-refractivity contribution in [2.75, 3.05) is 13.1 Å². The van der Waals surface area contributed by atoms with Crippen molar-refractivity contribution >= 4 is 0 Å². The third-order valence-corrected chi connectivity index (χ3v) is 3.90. The van der Waals surface area contributed by atoms with Crippen LogP contribution in [0, 0.1) is 5.92 Å². The van der Waals surface area contributed by atoms with Crippen LogP contribution in [0.2, 0.25) is 0 Å². The second-order valence-corrected chi connectivity index (χ2v) is 5.53. The summed E-state index contributed by atoms with van der Waals surface area (Å²) in [5, 5.41) is 0. The Morgan fingerprint density at radius 1 is 1.06 bits per heavy atom. The summed E-state index contributed by atoms with van der Waals surface area (Å²) in [6, 6.07) is 9.87. The Balaban J connectivity index is 2.19. The average molecular weight is 231 g/mol. The molecule has 94 valence electrons. The summed E-state index contributed by atoms with van der Waals surface area (Å²) in [6.07, 6.45) is 3.88. The molecule has 1 saturated heterocycles. The van der Waals surface area contributed by atoms with Crippen LogP contribution in [0.25, 0.3) is 0 Å². The Morgan fingerprint density at radius 2 is 1.65 bits per heavy atom. The maximum absolute atomic E-state index is 2.66. The molecule has 1 fully saturated rings. The summed E-state index contributed by atoms with van der Waals surface area (Å²) >= 11 is 0. The molecule has 2 rings (SSSR count). The first kappa shape index (κ1) is 12.6. The Hall–Kier alpha value is -0.820. The van der Waals surface area contributed by atoms with Crippen molar-refractivity contribution in [3.8, 4) is 0 Å². The molecular weight excluding hydrogens is 206 g/mol. The van der Waals surface area contributed by atoms with Crippen LogP contribution in [-0.4, -0.2) is 18.0 Å². The van der Waals surface area contributed by atoms with Gasteiger partial charge in [-0.05, 0) is 49.4 Å². The Kier molecular flexibility index (Phi) is 4.22. The fourth-order valence-corrected chi connectivity index (χ4v) is 2.99. The van der Waals surface area contributed by atoms with Crippen molar-refractivity contribution in [2.24, 2.45) is 5.92 Å². The lowest BCUT2D eigenvalue weighted by molar-refractivity contribution is 0.193. The zero-order valence-corrected chi connectivity index (χ0v) is 11.4. The van der Waals surface area contributed by atoms with Crippen LogP contribution < -0.4 is 0 Å². The molecule has 1 atom stereocenters. The van der Waals surface area contributed by atoms with Crippen LogP contribution in [0.15, 0.2) is 24.3 Å². The number of hydrogen-bond acceptors (Lipinski definition) is 1. The quantitative estimate of drug-likeness (QED) is 0.756. The van der Waals surface area contributed by atoms with Crippen LogP contribution in [0.4, 0.5) is 0 Å². The standard InChI is InChI=1S/C16H25N/c1-4-14-7-9-15(10-8-14)16(13(2)3)17-11-5-6-12-17/h7-10,13,16H,4-6,11-12H2,1-3H3. The van der Waals surface area contributed by atoms with Gasteiger partial charge in [-0.15, -0.1) is 0 Å². The van der Waals surface area contributed by atoms with Gasteiger partial charge in [-0.2, -0.15) is 0 Å². The molecule has 0 amide bonds. The minimum Gasteiger partial charge on any atom is -0.296 e. The highest BCUT2D eigenvalue weighted by Gasteiger charge is 2.25. The monoisotopic (exact) mass is 231 g/mol. The van der Waals surface area contributed by atoms with Crippen LogP contribution in [0.5, 0.6) is 0 Å². The minimum absolute atomic E-state index is 0.614. The molecule has 0 radical (unpaired) electrons. The maximum Gasteiger partial charge on any atom is 0.0371 e. The van der Waals surface area contributed by atoms with E-state index >= 15 is 0 Å². The summed E-state index contributed by atoms with van der Waals surface area (Å²) in [5.41, 5.74) is 2.94. The van der Waals surface area contributed by atoms with Crippen molar-refractivity contribution in [3.63, 3.8) is 0 Å². The van der Waals surface area contributed by atoms with E-state index < -0.39 is 0 Å². The van der Waals surface area contributed by atoms with Crippen molar-refractivity contribution in [1.82, 2.24) is 4.90 Å². The zero-order valence-electron chi connectivity index (χ0n) is 11.4. The minimum atomic E-state index is 0.614. The van der Waals surface area contributed by atoms with Gasteiger partial charge in [0.05, 0.1) is 0 Å². The van der Waals surface area contributed by atoms with Crippen molar-refractivity contribution in [2.45, 2.75) is 46.1 Å². The predicted molar refractivity (Wildman–Crippen MR) is 74.2 cm³/mol. The fourth-order valence-electron chi connectivity index (χ4n) is 2.99. The number of nitrogens with zero attached hydrogens (tertiary/aromatic N) is 1. The van der Waals surface area contributed by atoms with E-state index in [0.29, 0.717) is 12.0 Å². The summed E-state index contributed by atoms with van der Waals surface area (Å²) in [6.45, 7) is 9.46. The normalized spacial score (nSPS) is 18.8. The molecule has 1 aliphatic rings. The SMILES string of the molecule is CCc1ccc(C(C(C)C)N2CCCC2)cc1. The van der Waals surface area contributed by atoms with Gasteiger partial charge in [0, 0.05) is 6.04 Å². The summed E-state index contributed by atoms with van der Waals surface area (Å²) in [4.78, 5) is 2.66. The topological polar surface area (TPSA) is 3.24 Å². The molecule has 0 spiro atoms. The molecule has 0 aromatic heterocycles. The van der Waals surface area contributed by atoms with E-state index in [-0.39, 0.29) is 0 Å². The van der Waals surface area contributed by atoms with Gasteiger partial charge in [-0.25, -0.2) is 0 Å².